The number of ether oxygens (including phenoxy) is 2. The van der Waals surface area contributed by atoms with E-state index in [9.17, 15) is 37.3 Å². The number of nitrogens with zero attached hydrogens (tertiary/aromatic N) is 2. The molecule has 1 atom stereocenters. The van der Waals surface area contributed by atoms with Crippen LogP contribution in [0.4, 0.5) is 28.0 Å². The summed E-state index contributed by atoms with van der Waals surface area (Å²) >= 11 is 0. The maximum atomic E-state index is 13.7. The molecule has 33 heavy (non-hydrogen) atoms. The average molecular weight is 470 g/mol. The molecule has 0 saturated carbocycles. The summed E-state index contributed by atoms with van der Waals surface area (Å²) in [6, 6.07) is 6.70. The van der Waals surface area contributed by atoms with Crippen LogP contribution >= 0.6 is 0 Å². The van der Waals surface area contributed by atoms with E-state index in [4.69, 9.17) is 9.47 Å². The quantitative estimate of drug-likeness (QED) is 0.265. The van der Waals surface area contributed by atoms with Crippen molar-refractivity contribution < 1.29 is 41.5 Å². The predicted octanol–water partition coefficient (Wildman–Crippen LogP) is 4.60. The van der Waals surface area contributed by atoms with E-state index in [2.05, 4.69) is 0 Å². The number of nitro groups is 1. The van der Waals surface area contributed by atoms with Crippen LogP contribution in [0.15, 0.2) is 42.5 Å². The molecule has 1 unspecified atom stereocenters. The number of likely N-dealkylation sites (tertiary alicyclic amines) is 1. The van der Waals surface area contributed by atoms with Gasteiger partial charge in [-0.15, -0.1) is 0 Å². The number of non-ortho nitro benzene ring substituents is 1. The van der Waals surface area contributed by atoms with Crippen molar-refractivity contribution in [1.82, 2.24) is 4.90 Å². The molecule has 1 heterocycles. The summed E-state index contributed by atoms with van der Waals surface area (Å²) in [5.41, 5.74) is -0.994. The molecule has 0 bridgehead atoms. The first-order valence-corrected chi connectivity index (χ1v) is 9.75. The van der Waals surface area contributed by atoms with Crippen LogP contribution in [0.1, 0.15) is 29.5 Å². The molecule has 176 valence electrons. The van der Waals surface area contributed by atoms with Crippen LogP contribution in [0.3, 0.4) is 0 Å². The number of carbonyl (C=O) groups is 2. The first-order chi connectivity index (χ1) is 15.6. The minimum absolute atomic E-state index is 0.0188. The predicted molar refractivity (Wildman–Crippen MR) is 104 cm³/mol. The van der Waals surface area contributed by atoms with Gasteiger partial charge in [-0.05, 0) is 48.2 Å². The van der Waals surface area contributed by atoms with Crippen LogP contribution in [0.2, 0.25) is 0 Å². The number of alkyl halides is 3. The number of hydrogen-bond acceptors (Lipinski definition) is 6. The number of benzene rings is 2. The normalized spacial score (nSPS) is 15.9. The Kier molecular flexibility index (Phi) is 7.14. The number of nitro benzene ring substituents is 1. The lowest BCUT2D eigenvalue weighted by atomic mass is 10.1. The van der Waals surface area contributed by atoms with Crippen LogP contribution in [0, 0.1) is 15.9 Å². The van der Waals surface area contributed by atoms with E-state index in [-0.39, 0.29) is 24.4 Å². The van der Waals surface area contributed by atoms with Gasteiger partial charge in [-0.2, -0.15) is 13.2 Å². The van der Waals surface area contributed by atoms with Gasteiger partial charge in [0.1, 0.15) is 25.1 Å². The van der Waals surface area contributed by atoms with Crippen LogP contribution in [0.25, 0.3) is 0 Å². The number of rotatable bonds is 6. The number of amides is 1. The lowest BCUT2D eigenvalue weighted by Crippen LogP contribution is -2.41. The zero-order chi connectivity index (χ0) is 24.2. The Bertz CT molecular complexity index is 1040. The van der Waals surface area contributed by atoms with Gasteiger partial charge in [0.15, 0.2) is 0 Å². The summed E-state index contributed by atoms with van der Waals surface area (Å²) < 4.78 is 61.8. The van der Waals surface area contributed by atoms with E-state index < -0.39 is 47.2 Å². The molecule has 0 radical (unpaired) electrons. The smallest absolute Gasteiger partial charge is 0.419 e. The second-order valence-corrected chi connectivity index (χ2v) is 7.25. The van der Waals surface area contributed by atoms with Crippen LogP contribution in [-0.2, 0) is 33.7 Å². The molecule has 8 nitrogen and oxygen atoms in total. The average Bonchev–Trinajstić information content (AvgIpc) is 3.25. The van der Waals surface area contributed by atoms with Crippen molar-refractivity contribution in [3.05, 3.63) is 75.1 Å². The van der Waals surface area contributed by atoms with Crippen molar-refractivity contribution in [2.75, 3.05) is 6.54 Å². The third kappa shape index (κ3) is 5.96. The Morgan fingerprint density at radius 3 is 2.30 bits per heavy atom. The van der Waals surface area contributed by atoms with Gasteiger partial charge in [0.25, 0.3) is 5.69 Å². The molecule has 0 aliphatic carbocycles. The highest BCUT2D eigenvalue weighted by Gasteiger charge is 2.37. The fourth-order valence-corrected chi connectivity index (χ4v) is 3.30. The molecule has 0 spiro atoms. The topological polar surface area (TPSA) is 99.0 Å². The van der Waals surface area contributed by atoms with E-state index in [0.717, 1.165) is 11.0 Å². The SMILES string of the molecule is O=C(OCc1ccc([N+](=O)[O-])cc1)C1CCCN1C(=O)OCc1ccc(C(F)(F)F)c(F)c1. The molecule has 12 heteroatoms. The van der Waals surface area contributed by atoms with Gasteiger partial charge in [0.05, 0.1) is 10.5 Å². The van der Waals surface area contributed by atoms with Crippen molar-refractivity contribution in [1.29, 1.82) is 0 Å². The molecule has 2 aromatic rings. The van der Waals surface area contributed by atoms with Crippen molar-refractivity contribution >= 4 is 17.7 Å². The Balaban J connectivity index is 1.54. The first-order valence-electron chi connectivity index (χ1n) is 9.75. The van der Waals surface area contributed by atoms with E-state index >= 15 is 0 Å². The first kappa shape index (κ1) is 24.0. The zero-order valence-corrected chi connectivity index (χ0v) is 17.0. The second kappa shape index (κ2) is 9.84. The second-order valence-electron chi connectivity index (χ2n) is 7.25. The molecule has 1 amide bonds. The van der Waals surface area contributed by atoms with Gasteiger partial charge < -0.3 is 9.47 Å². The lowest BCUT2D eigenvalue weighted by Gasteiger charge is -2.22. The number of esters is 1. The molecular formula is C21H18F4N2O6. The van der Waals surface area contributed by atoms with Gasteiger partial charge in [0.2, 0.25) is 0 Å². The van der Waals surface area contributed by atoms with Crippen molar-refractivity contribution in [3.8, 4) is 0 Å². The Morgan fingerprint density at radius 2 is 1.70 bits per heavy atom. The summed E-state index contributed by atoms with van der Waals surface area (Å²) in [5.74, 6) is -2.17. The van der Waals surface area contributed by atoms with Crippen molar-refractivity contribution in [3.63, 3.8) is 0 Å². The fraction of sp³-hybridized carbons (Fsp3) is 0.333. The highest BCUT2D eigenvalue weighted by molar-refractivity contribution is 5.82. The van der Waals surface area contributed by atoms with Crippen molar-refractivity contribution in [2.45, 2.75) is 38.3 Å². The summed E-state index contributed by atoms with van der Waals surface area (Å²) in [6.07, 6.45) is -4.90. The molecule has 0 aromatic heterocycles. The van der Waals surface area contributed by atoms with Crippen LogP contribution < -0.4 is 0 Å². The Hall–Kier alpha value is -3.70. The molecular weight excluding hydrogens is 452 g/mol. The largest absolute Gasteiger partial charge is 0.459 e. The van der Waals surface area contributed by atoms with Crippen molar-refractivity contribution in [2.24, 2.45) is 0 Å². The minimum atomic E-state index is -4.84. The standard InChI is InChI=1S/C21H18F4N2O6/c22-17-10-14(5-8-16(17)21(23,24)25)12-33-20(29)26-9-1-2-18(26)19(28)32-11-13-3-6-15(7-4-13)27(30)31/h3-8,10,18H,1-2,9,11-12H2. The molecule has 2 aromatic carbocycles. The number of hydrogen-bond donors (Lipinski definition) is 0. The van der Waals surface area contributed by atoms with E-state index in [0.29, 0.717) is 30.5 Å². The lowest BCUT2D eigenvalue weighted by molar-refractivity contribution is -0.384. The van der Waals surface area contributed by atoms with Gasteiger partial charge in [-0.1, -0.05) is 6.07 Å². The fourth-order valence-electron chi connectivity index (χ4n) is 3.30. The minimum Gasteiger partial charge on any atom is -0.459 e. The third-order valence-electron chi connectivity index (χ3n) is 4.99. The van der Waals surface area contributed by atoms with Gasteiger partial charge in [-0.25, -0.2) is 14.0 Å². The summed E-state index contributed by atoms with van der Waals surface area (Å²) in [5, 5.41) is 10.7. The molecule has 1 aliphatic heterocycles. The maximum absolute atomic E-state index is 13.7. The summed E-state index contributed by atoms with van der Waals surface area (Å²) in [4.78, 5) is 36.1. The van der Waals surface area contributed by atoms with E-state index in [1.54, 1.807) is 0 Å². The zero-order valence-electron chi connectivity index (χ0n) is 17.0. The summed E-state index contributed by atoms with van der Waals surface area (Å²) in [6.45, 7) is -0.423. The Labute approximate surface area is 184 Å². The van der Waals surface area contributed by atoms with Gasteiger partial charge in [0, 0.05) is 18.7 Å². The van der Waals surface area contributed by atoms with Crippen LogP contribution in [0.5, 0.6) is 0 Å². The van der Waals surface area contributed by atoms with E-state index in [1.165, 1.54) is 24.3 Å². The highest BCUT2D eigenvalue weighted by atomic mass is 19.4. The Morgan fingerprint density at radius 1 is 1.06 bits per heavy atom. The highest BCUT2D eigenvalue weighted by Crippen LogP contribution is 2.31. The number of halogens is 4. The molecule has 0 N–H and O–H groups in total. The van der Waals surface area contributed by atoms with E-state index in [1.807, 2.05) is 0 Å². The summed E-state index contributed by atoms with van der Waals surface area (Å²) in [7, 11) is 0. The molecule has 1 saturated heterocycles. The monoisotopic (exact) mass is 470 g/mol. The van der Waals surface area contributed by atoms with Gasteiger partial charge in [-0.3, -0.25) is 15.0 Å². The maximum Gasteiger partial charge on any atom is 0.419 e. The van der Waals surface area contributed by atoms with Crippen LogP contribution in [-0.4, -0.2) is 34.5 Å². The molecule has 1 aliphatic rings. The molecule has 1 fully saturated rings. The molecule has 3 rings (SSSR count). The number of carbonyl (C=O) groups excluding carboxylic acids is 2. The third-order valence-corrected chi connectivity index (χ3v) is 4.99. The van der Waals surface area contributed by atoms with Gasteiger partial charge >= 0.3 is 18.2 Å².